The van der Waals surface area contributed by atoms with Crippen molar-refractivity contribution in [1.82, 2.24) is 0 Å². The Kier molecular flexibility index (Phi) is 5.27. The van der Waals surface area contributed by atoms with Gasteiger partial charge in [0.1, 0.15) is 6.61 Å². The third-order valence-corrected chi connectivity index (χ3v) is 2.52. The molecule has 1 aromatic rings. The molecule has 92 valence electrons. The Bertz CT molecular complexity index is 388. The number of anilines is 1. The molecule has 0 aliphatic rings. The minimum atomic E-state index is -0.370. The van der Waals surface area contributed by atoms with E-state index in [2.05, 4.69) is 43.5 Å². The number of aryl methyl sites for hydroxylation is 1. The minimum Gasteiger partial charge on any atom is -0.461 e. The van der Waals surface area contributed by atoms with E-state index in [0.717, 1.165) is 12.2 Å². The summed E-state index contributed by atoms with van der Waals surface area (Å²) in [5.41, 5.74) is 2.38. The van der Waals surface area contributed by atoms with Crippen LogP contribution in [-0.4, -0.2) is 25.7 Å². The number of benzene rings is 1. The van der Waals surface area contributed by atoms with Crippen LogP contribution in [0, 0.1) is 6.92 Å². The molecule has 0 fully saturated rings. The Morgan fingerprint density at radius 3 is 2.88 bits per heavy atom. The van der Waals surface area contributed by atoms with Crippen molar-refractivity contribution in [3.05, 3.63) is 42.5 Å². The van der Waals surface area contributed by atoms with Crippen LogP contribution in [0.25, 0.3) is 0 Å². The van der Waals surface area contributed by atoms with Gasteiger partial charge >= 0.3 is 5.97 Å². The molecule has 3 heteroatoms. The molecule has 1 rings (SSSR count). The lowest BCUT2D eigenvalue weighted by molar-refractivity contribution is -0.137. The molecular weight excluding hydrogens is 214 g/mol. The van der Waals surface area contributed by atoms with E-state index in [4.69, 9.17) is 4.74 Å². The highest BCUT2D eigenvalue weighted by Gasteiger charge is 2.05. The summed E-state index contributed by atoms with van der Waals surface area (Å²) < 4.78 is 4.98. The van der Waals surface area contributed by atoms with Crippen molar-refractivity contribution in [3.63, 3.8) is 0 Å². The van der Waals surface area contributed by atoms with Crippen molar-refractivity contribution in [2.24, 2.45) is 0 Å². The van der Waals surface area contributed by atoms with E-state index in [1.54, 1.807) is 0 Å². The first-order valence-electron chi connectivity index (χ1n) is 5.78. The molecule has 0 saturated heterocycles. The monoisotopic (exact) mass is 233 g/mol. The predicted molar refractivity (Wildman–Crippen MR) is 70.2 cm³/mol. The zero-order valence-electron chi connectivity index (χ0n) is 10.5. The van der Waals surface area contributed by atoms with Crippen molar-refractivity contribution in [3.8, 4) is 0 Å². The normalized spacial score (nSPS) is 9.76. The number of carbonyl (C=O) groups excluding carboxylic acids is 1. The Morgan fingerprint density at radius 1 is 1.53 bits per heavy atom. The van der Waals surface area contributed by atoms with E-state index in [1.165, 1.54) is 11.6 Å². The second-order valence-corrected chi connectivity index (χ2v) is 3.79. The summed E-state index contributed by atoms with van der Waals surface area (Å²) >= 11 is 0. The largest absolute Gasteiger partial charge is 0.461 e. The Morgan fingerprint density at radius 2 is 2.29 bits per heavy atom. The molecule has 0 aliphatic carbocycles. The molecule has 0 aliphatic heterocycles. The first-order valence-corrected chi connectivity index (χ1v) is 5.78. The standard InChI is InChI=1S/C14H19NO2/c1-4-14(16)17-10-9-15(5-2)13-8-6-7-12(3)11-13/h4,6-8,11H,1,5,9-10H2,2-3H3. The van der Waals surface area contributed by atoms with Crippen LogP contribution in [0.4, 0.5) is 5.69 Å². The Hall–Kier alpha value is -1.77. The summed E-state index contributed by atoms with van der Waals surface area (Å²) in [6, 6.07) is 8.28. The van der Waals surface area contributed by atoms with Crippen LogP contribution in [0.2, 0.25) is 0 Å². The fraction of sp³-hybridized carbons (Fsp3) is 0.357. The molecule has 1 aromatic carbocycles. The number of ether oxygens (including phenoxy) is 1. The molecule has 17 heavy (non-hydrogen) atoms. The SMILES string of the molecule is C=CC(=O)OCCN(CC)c1cccc(C)c1. The maximum atomic E-state index is 10.9. The second-order valence-electron chi connectivity index (χ2n) is 3.79. The summed E-state index contributed by atoms with van der Waals surface area (Å²) in [4.78, 5) is 13.1. The van der Waals surface area contributed by atoms with Gasteiger partial charge in [-0.3, -0.25) is 0 Å². The van der Waals surface area contributed by atoms with Crippen LogP contribution in [0.1, 0.15) is 12.5 Å². The molecule has 3 nitrogen and oxygen atoms in total. The van der Waals surface area contributed by atoms with Gasteiger partial charge in [0.05, 0.1) is 6.54 Å². The van der Waals surface area contributed by atoms with Gasteiger partial charge in [-0.2, -0.15) is 0 Å². The van der Waals surface area contributed by atoms with Crippen molar-refractivity contribution < 1.29 is 9.53 Å². The fourth-order valence-electron chi connectivity index (χ4n) is 1.61. The molecule has 0 N–H and O–H groups in total. The van der Waals surface area contributed by atoms with Crippen LogP contribution in [0.5, 0.6) is 0 Å². The van der Waals surface area contributed by atoms with Gasteiger partial charge in [0.15, 0.2) is 0 Å². The topological polar surface area (TPSA) is 29.5 Å². The van der Waals surface area contributed by atoms with Gasteiger partial charge in [0.25, 0.3) is 0 Å². The molecule has 0 amide bonds. The van der Waals surface area contributed by atoms with Gasteiger partial charge in [-0.15, -0.1) is 0 Å². The number of carbonyl (C=O) groups is 1. The quantitative estimate of drug-likeness (QED) is 0.558. The van der Waals surface area contributed by atoms with E-state index in [0.29, 0.717) is 13.2 Å². The number of nitrogens with zero attached hydrogens (tertiary/aromatic N) is 1. The number of esters is 1. The highest BCUT2D eigenvalue weighted by atomic mass is 16.5. The average Bonchev–Trinajstić information content (AvgIpc) is 2.34. The van der Waals surface area contributed by atoms with Crippen LogP contribution in [0.15, 0.2) is 36.9 Å². The summed E-state index contributed by atoms with van der Waals surface area (Å²) in [5.74, 6) is -0.370. The van der Waals surface area contributed by atoms with Gasteiger partial charge in [0, 0.05) is 18.3 Å². The van der Waals surface area contributed by atoms with E-state index < -0.39 is 0 Å². The summed E-state index contributed by atoms with van der Waals surface area (Å²) in [5, 5.41) is 0. The molecule has 0 radical (unpaired) electrons. The van der Waals surface area contributed by atoms with Crippen molar-refractivity contribution in [1.29, 1.82) is 0 Å². The number of hydrogen-bond donors (Lipinski definition) is 0. The molecular formula is C14H19NO2. The average molecular weight is 233 g/mol. The first kappa shape index (κ1) is 13.3. The zero-order chi connectivity index (χ0) is 12.7. The van der Waals surface area contributed by atoms with Crippen molar-refractivity contribution in [2.45, 2.75) is 13.8 Å². The summed E-state index contributed by atoms with van der Waals surface area (Å²) in [6.45, 7) is 9.47. The molecule has 0 saturated carbocycles. The fourth-order valence-corrected chi connectivity index (χ4v) is 1.61. The number of likely N-dealkylation sites (N-methyl/N-ethyl adjacent to an activating group) is 1. The van der Waals surface area contributed by atoms with Gasteiger partial charge in [-0.25, -0.2) is 4.79 Å². The van der Waals surface area contributed by atoms with E-state index in [-0.39, 0.29) is 5.97 Å². The molecule has 0 spiro atoms. The molecule has 0 unspecified atom stereocenters. The Labute approximate surface area is 103 Å². The summed E-state index contributed by atoms with van der Waals surface area (Å²) in [7, 11) is 0. The molecule has 0 bridgehead atoms. The lowest BCUT2D eigenvalue weighted by atomic mass is 10.2. The van der Waals surface area contributed by atoms with Crippen LogP contribution in [0.3, 0.4) is 0 Å². The smallest absolute Gasteiger partial charge is 0.330 e. The lowest BCUT2D eigenvalue weighted by Crippen LogP contribution is -2.27. The number of hydrogen-bond acceptors (Lipinski definition) is 3. The minimum absolute atomic E-state index is 0.370. The highest BCUT2D eigenvalue weighted by Crippen LogP contribution is 2.15. The van der Waals surface area contributed by atoms with Crippen molar-refractivity contribution in [2.75, 3.05) is 24.6 Å². The van der Waals surface area contributed by atoms with Gasteiger partial charge in [-0.05, 0) is 31.5 Å². The van der Waals surface area contributed by atoms with E-state index >= 15 is 0 Å². The maximum absolute atomic E-state index is 10.9. The Balaban J connectivity index is 2.54. The van der Waals surface area contributed by atoms with E-state index in [1.807, 2.05) is 6.07 Å². The number of rotatable bonds is 6. The van der Waals surface area contributed by atoms with Gasteiger partial charge in [0.2, 0.25) is 0 Å². The maximum Gasteiger partial charge on any atom is 0.330 e. The third-order valence-electron chi connectivity index (χ3n) is 2.52. The van der Waals surface area contributed by atoms with Crippen LogP contribution >= 0.6 is 0 Å². The third kappa shape index (κ3) is 4.31. The zero-order valence-corrected chi connectivity index (χ0v) is 10.5. The second kappa shape index (κ2) is 6.74. The lowest BCUT2D eigenvalue weighted by Gasteiger charge is -2.23. The van der Waals surface area contributed by atoms with E-state index in [9.17, 15) is 4.79 Å². The molecule has 0 heterocycles. The molecule has 0 aromatic heterocycles. The van der Waals surface area contributed by atoms with Gasteiger partial charge < -0.3 is 9.64 Å². The highest BCUT2D eigenvalue weighted by molar-refractivity contribution is 5.81. The van der Waals surface area contributed by atoms with Crippen LogP contribution in [-0.2, 0) is 9.53 Å². The van der Waals surface area contributed by atoms with Crippen molar-refractivity contribution >= 4 is 11.7 Å². The van der Waals surface area contributed by atoms with Crippen LogP contribution < -0.4 is 4.90 Å². The first-order chi connectivity index (χ1) is 8.17. The summed E-state index contributed by atoms with van der Waals surface area (Å²) in [6.07, 6.45) is 1.18. The predicted octanol–water partition coefficient (Wildman–Crippen LogP) is 2.55. The molecule has 0 atom stereocenters. The van der Waals surface area contributed by atoms with Gasteiger partial charge in [-0.1, -0.05) is 18.7 Å².